The molecule has 1 unspecified atom stereocenters. The molecule has 0 radical (unpaired) electrons. The maximum atomic E-state index is 16.1. The topological polar surface area (TPSA) is 103 Å². The van der Waals surface area contributed by atoms with Crippen LogP contribution < -0.4 is 9.80 Å². The van der Waals surface area contributed by atoms with Crippen molar-refractivity contribution < 1.29 is 40.9 Å². The molecule has 16 heteroatoms. The molecule has 0 spiro atoms. The van der Waals surface area contributed by atoms with E-state index in [1.807, 2.05) is 17.0 Å². The highest BCUT2D eigenvalue weighted by atomic mass is 19.4. The van der Waals surface area contributed by atoms with Crippen molar-refractivity contribution in [3.8, 4) is 11.1 Å². The lowest BCUT2D eigenvalue weighted by Gasteiger charge is -2.37. The summed E-state index contributed by atoms with van der Waals surface area (Å²) in [6.45, 7) is 1.21. The number of piperazine rings is 1. The molecule has 256 valence electrons. The van der Waals surface area contributed by atoms with Crippen LogP contribution in [0.25, 0.3) is 11.1 Å². The molecular weight excluding hydrogens is 659 g/mol. The van der Waals surface area contributed by atoms with Gasteiger partial charge in [0, 0.05) is 60.9 Å². The Kier molecular flexibility index (Phi) is 9.02. The summed E-state index contributed by atoms with van der Waals surface area (Å²) in [6, 6.07) is 17.3. The number of pyridine rings is 1. The molecule has 5 aromatic rings. The lowest BCUT2D eigenvalue weighted by Crippen LogP contribution is -2.48. The van der Waals surface area contributed by atoms with Gasteiger partial charge in [0.1, 0.15) is 23.7 Å². The van der Waals surface area contributed by atoms with E-state index in [0.717, 1.165) is 34.9 Å². The Bertz CT molecular complexity index is 1880. The highest BCUT2D eigenvalue weighted by Crippen LogP contribution is 2.47. The number of anilines is 2. The van der Waals surface area contributed by atoms with Crippen molar-refractivity contribution in [2.75, 3.05) is 36.0 Å². The molecule has 1 aliphatic rings. The van der Waals surface area contributed by atoms with Gasteiger partial charge in [-0.05, 0) is 64.0 Å². The molecular formula is C33H28F7N7O2. The van der Waals surface area contributed by atoms with Crippen LogP contribution in [0.2, 0.25) is 0 Å². The molecule has 2 aromatic heterocycles. The van der Waals surface area contributed by atoms with E-state index in [1.54, 1.807) is 18.2 Å². The summed E-state index contributed by atoms with van der Waals surface area (Å²) >= 11 is 0. The molecule has 49 heavy (non-hydrogen) atoms. The van der Waals surface area contributed by atoms with Crippen LogP contribution in [0.1, 0.15) is 22.9 Å². The van der Waals surface area contributed by atoms with Crippen molar-refractivity contribution in [1.29, 1.82) is 0 Å². The van der Waals surface area contributed by atoms with Crippen LogP contribution in [-0.2, 0) is 18.1 Å². The van der Waals surface area contributed by atoms with Gasteiger partial charge in [-0.15, -0.1) is 5.10 Å². The second-order valence-electron chi connectivity index (χ2n) is 11.6. The maximum absolute atomic E-state index is 16.1. The third kappa shape index (κ3) is 6.78. The molecule has 0 amide bonds. The van der Waals surface area contributed by atoms with Gasteiger partial charge >= 0.3 is 12.1 Å². The first-order valence-corrected chi connectivity index (χ1v) is 14.9. The summed E-state index contributed by atoms with van der Waals surface area (Å²) in [6.07, 6.45) is -5.16. The molecule has 3 aromatic carbocycles. The smallest absolute Gasteiger partial charge is 0.379 e. The Hall–Kier alpha value is -5.09. The van der Waals surface area contributed by atoms with Gasteiger partial charge in [-0.25, -0.2) is 13.5 Å². The van der Waals surface area contributed by atoms with E-state index in [2.05, 4.69) is 25.4 Å². The highest BCUT2D eigenvalue weighted by Gasteiger charge is 2.58. The summed E-state index contributed by atoms with van der Waals surface area (Å²) < 4.78 is 100. The van der Waals surface area contributed by atoms with Gasteiger partial charge in [0.15, 0.2) is 11.7 Å². The summed E-state index contributed by atoms with van der Waals surface area (Å²) in [4.78, 5) is 7.95. The number of hydrogen-bond acceptors (Lipinski definition) is 8. The number of aromatic nitrogens is 5. The van der Waals surface area contributed by atoms with Crippen LogP contribution in [0.15, 0.2) is 91.4 Å². The molecule has 0 saturated carbocycles. The second-order valence-corrected chi connectivity index (χ2v) is 11.6. The largest absolute Gasteiger partial charge is 0.418 e. The van der Waals surface area contributed by atoms with Crippen molar-refractivity contribution in [2.45, 2.75) is 30.3 Å². The van der Waals surface area contributed by atoms with Crippen LogP contribution in [0, 0.1) is 11.6 Å². The first kappa shape index (κ1) is 33.8. The van der Waals surface area contributed by atoms with E-state index in [-0.39, 0.29) is 5.56 Å². The Morgan fingerprint density at radius 3 is 2.04 bits per heavy atom. The fraction of sp³-hybridized carbons (Fsp3) is 0.273. The van der Waals surface area contributed by atoms with Crippen LogP contribution in [-0.4, -0.2) is 67.8 Å². The summed E-state index contributed by atoms with van der Waals surface area (Å²) in [5.74, 6) is -6.59. The number of alkyl halides is 5. The first-order chi connectivity index (χ1) is 23.3. The number of rotatable bonds is 9. The normalized spacial score (nSPS) is 16.0. The summed E-state index contributed by atoms with van der Waals surface area (Å²) in [5, 5.41) is 31.2. The maximum Gasteiger partial charge on any atom is 0.418 e. The minimum absolute atomic E-state index is 0.226. The van der Waals surface area contributed by atoms with Crippen molar-refractivity contribution in [3.63, 3.8) is 0 Å². The van der Waals surface area contributed by atoms with Gasteiger partial charge in [-0.1, -0.05) is 30.3 Å². The first-order valence-electron chi connectivity index (χ1n) is 14.9. The standard InChI is InChI=1S/C33H28F7N7O2/c34-24-7-10-27(28(35)17-24)31(49,19-47-20-42-43-44-47)32(36,37)29-11-6-23(18-41-29)21-4-8-25(9-5-21)45-12-14-46(15-13-45)26-3-1-2-22(16-26)30(48)33(38,39)40/h1-11,16-18,20,30,48-49H,12-15,19H2/t30?,31-/m0/s1. The number of tetrazole rings is 1. The van der Waals surface area contributed by atoms with Gasteiger partial charge in [0.05, 0.1) is 6.54 Å². The van der Waals surface area contributed by atoms with E-state index in [4.69, 9.17) is 0 Å². The number of aliphatic hydroxyl groups excluding tert-OH is 1. The van der Waals surface area contributed by atoms with Crippen LogP contribution in [0.3, 0.4) is 0 Å². The van der Waals surface area contributed by atoms with Crippen molar-refractivity contribution in [1.82, 2.24) is 25.2 Å². The molecule has 9 nitrogen and oxygen atoms in total. The second kappa shape index (κ2) is 13.1. The molecule has 3 heterocycles. The Labute approximate surface area is 274 Å². The summed E-state index contributed by atoms with van der Waals surface area (Å²) in [7, 11) is 0. The zero-order valence-electron chi connectivity index (χ0n) is 25.4. The molecule has 2 N–H and O–H groups in total. The van der Waals surface area contributed by atoms with Gasteiger partial charge < -0.3 is 20.0 Å². The van der Waals surface area contributed by atoms with E-state index in [0.29, 0.717) is 49.1 Å². The average molecular weight is 688 g/mol. The fourth-order valence-electron chi connectivity index (χ4n) is 5.80. The van der Waals surface area contributed by atoms with E-state index in [1.165, 1.54) is 30.5 Å². The lowest BCUT2D eigenvalue weighted by atomic mass is 9.84. The van der Waals surface area contributed by atoms with Gasteiger partial charge in [-0.3, -0.25) is 4.98 Å². The molecule has 6 rings (SSSR count). The zero-order valence-corrected chi connectivity index (χ0v) is 25.4. The molecule has 1 fully saturated rings. The zero-order chi connectivity index (χ0) is 35.0. The van der Waals surface area contributed by atoms with Crippen molar-refractivity contribution in [2.24, 2.45) is 0 Å². The predicted molar refractivity (Wildman–Crippen MR) is 164 cm³/mol. The average Bonchev–Trinajstić information content (AvgIpc) is 3.60. The number of halogens is 7. The lowest BCUT2D eigenvalue weighted by molar-refractivity contribution is -0.207. The number of aliphatic hydroxyl groups is 2. The molecule has 0 aliphatic carbocycles. The summed E-state index contributed by atoms with van der Waals surface area (Å²) in [5.41, 5.74) is -2.64. The molecule has 0 bridgehead atoms. The third-order valence-corrected chi connectivity index (χ3v) is 8.47. The minimum atomic E-state index is -4.76. The monoisotopic (exact) mass is 687 g/mol. The highest BCUT2D eigenvalue weighted by molar-refractivity contribution is 5.66. The van der Waals surface area contributed by atoms with Gasteiger partial charge in [0.2, 0.25) is 0 Å². The SMILES string of the molecule is OC(c1cccc(N2CCN(c3ccc(-c4ccc(C(F)(F)[C@](O)(Cn5cnnn5)c5ccc(F)cc5F)nc4)cc3)CC2)c1)C(F)(F)F. The fourth-order valence-corrected chi connectivity index (χ4v) is 5.80. The Morgan fingerprint density at radius 1 is 0.776 bits per heavy atom. The van der Waals surface area contributed by atoms with Crippen LogP contribution in [0.5, 0.6) is 0 Å². The van der Waals surface area contributed by atoms with Gasteiger partial charge in [-0.2, -0.15) is 22.0 Å². The van der Waals surface area contributed by atoms with Gasteiger partial charge in [0.25, 0.3) is 0 Å². The number of benzene rings is 3. The Balaban J connectivity index is 1.15. The van der Waals surface area contributed by atoms with E-state index >= 15 is 8.78 Å². The van der Waals surface area contributed by atoms with Crippen LogP contribution >= 0.6 is 0 Å². The molecule has 2 atom stereocenters. The van der Waals surface area contributed by atoms with Crippen LogP contribution in [0.4, 0.5) is 42.1 Å². The van der Waals surface area contributed by atoms with E-state index < -0.39 is 53.2 Å². The quantitative estimate of drug-likeness (QED) is 0.193. The minimum Gasteiger partial charge on any atom is -0.379 e. The van der Waals surface area contributed by atoms with E-state index in [9.17, 15) is 32.2 Å². The van der Waals surface area contributed by atoms with Crippen molar-refractivity contribution in [3.05, 3.63) is 120 Å². The molecule has 1 saturated heterocycles. The Morgan fingerprint density at radius 2 is 1.45 bits per heavy atom. The number of hydrogen-bond donors (Lipinski definition) is 2. The predicted octanol–water partition coefficient (Wildman–Crippen LogP) is 5.62. The third-order valence-electron chi connectivity index (χ3n) is 8.47. The van der Waals surface area contributed by atoms with Crippen molar-refractivity contribution >= 4 is 11.4 Å². The molecule has 1 aliphatic heterocycles. The number of nitrogens with zero attached hydrogens (tertiary/aromatic N) is 7.